The molecule has 42 heavy (non-hydrogen) atoms. The Kier molecular flexibility index (Phi) is 8.44. The molecule has 5 rings (SSSR count). The highest BCUT2D eigenvalue weighted by Crippen LogP contribution is 2.45. The van der Waals surface area contributed by atoms with Crippen molar-refractivity contribution in [2.24, 2.45) is 0 Å². The van der Waals surface area contributed by atoms with E-state index < -0.39 is 79.0 Å². The van der Waals surface area contributed by atoms with Crippen LogP contribution < -0.4 is 10.2 Å². The summed E-state index contributed by atoms with van der Waals surface area (Å²) in [6.45, 7) is 0.935. The maximum Gasteiger partial charge on any atom is 0.197 e. The van der Waals surface area contributed by atoms with Crippen molar-refractivity contribution < 1.29 is 64.2 Å². The van der Waals surface area contributed by atoms with E-state index in [2.05, 4.69) is 0 Å². The molecule has 0 unspecified atom stereocenters. The highest BCUT2D eigenvalue weighted by molar-refractivity contribution is 5.88. The van der Waals surface area contributed by atoms with E-state index in [1.54, 1.807) is 0 Å². The van der Waals surface area contributed by atoms with Gasteiger partial charge in [0.15, 0.2) is 11.7 Å². The Morgan fingerprint density at radius 1 is 0.833 bits per heavy atom. The van der Waals surface area contributed by atoms with Gasteiger partial charge in [-0.25, -0.2) is 0 Å². The molecule has 2 saturated heterocycles. The molecule has 2 aromatic carbocycles. The first-order valence-corrected chi connectivity index (χ1v) is 13.1. The average Bonchev–Trinajstić information content (AvgIpc) is 2.97. The van der Waals surface area contributed by atoms with E-state index in [0.717, 1.165) is 6.07 Å². The van der Waals surface area contributed by atoms with Gasteiger partial charge in [0, 0.05) is 17.7 Å². The maximum atomic E-state index is 13.1. The number of hydrogen-bond acceptors (Lipinski definition) is 14. The molecule has 228 valence electrons. The molecule has 0 amide bonds. The molecule has 0 saturated carbocycles. The second kappa shape index (κ2) is 11.8. The summed E-state index contributed by atoms with van der Waals surface area (Å²) in [5.41, 5.74) is -0.444. The van der Waals surface area contributed by atoms with Crippen molar-refractivity contribution in [1.29, 1.82) is 0 Å². The molecule has 0 bridgehead atoms. The van der Waals surface area contributed by atoms with Gasteiger partial charge in [0.2, 0.25) is 0 Å². The number of aliphatic hydroxyl groups excluding tert-OH is 6. The standard InChI is InChI=1S/C28H32O14/c1-10-20(31)23(34)26(37)28(40-10)39-9-17-21(32)24(35)25(36)27(42-17)19-15(38-2)8-16-18(22(19)33)13(30)7-14(41-16)11-3-5-12(29)6-4-11/h3-8,10,17,20-21,23-29,31-37H,9H2,1-2H3/t10-,17+,20-,21+,23+,24-,25+,26+,27-,28-/m0/s1. The van der Waals surface area contributed by atoms with Crippen molar-refractivity contribution in [2.45, 2.75) is 68.1 Å². The maximum absolute atomic E-state index is 13.1. The largest absolute Gasteiger partial charge is 0.508 e. The molecule has 2 fully saturated rings. The fraction of sp³-hybridized carbons (Fsp3) is 0.464. The highest BCUT2D eigenvalue weighted by Gasteiger charge is 2.48. The fourth-order valence-corrected chi connectivity index (χ4v) is 5.17. The molecule has 0 aliphatic carbocycles. The zero-order valence-electron chi connectivity index (χ0n) is 22.5. The lowest BCUT2D eigenvalue weighted by molar-refractivity contribution is -0.308. The van der Waals surface area contributed by atoms with Crippen LogP contribution in [0, 0.1) is 0 Å². The summed E-state index contributed by atoms with van der Waals surface area (Å²) in [5.74, 6) is -0.568. The van der Waals surface area contributed by atoms with Crippen LogP contribution in [-0.4, -0.2) is 110 Å². The number of fused-ring (bicyclic) bond motifs is 1. The van der Waals surface area contributed by atoms with Crippen LogP contribution in [0.15, 0.2) is 45.6 Å². The molecule has 3 aromatic rings. The zero-order chi connectivity index (χ0) is 30.5. The average molecular weight is 593 g/mol. The van der Waals surface area contributed by atoms with Gasteiger partial charge in [-0.05, 0) is 31.2 Å². The summed E-state index contributed by atoms with van der Waals surface area (Å²) in [4.78, 5) is 13.1. The van der Waals surface area contributed by atoms with Crippen LogP contribution in [0.25, 0.3) is 22.3 Å². The zero-order valence-corrected chi connectivity index (χ0v) is 22.5. The minimum Gasteiger partial charge on any atom is -0.508 e. The summed E-state index contributed by atoms with van der Waals surface area (Å²) in [6, 6.07) is 8.33. The SMILES string of the molecule is COc1cc2oc(-c3ccc(O)cc3)cc(=O)c2c(O)c1[C@@H]1O[C@H](CO[C@H]2O[C@@H](C)[C@H](O)[C@@H](O)[C@H]2O)[C@@H](O)[C@H](O)[C@H]1O. The van der Waals surface area contributed by atoms with Gasteiger partial charge in [-0.2, -0.15) is 0 Å². The molecule has 0 spiro atoms. The number of phenols is 2. The molecule has 10 atom stereocenters. The van der Waals surface area contributed by atoms with Crippen molar-refractivity contribution >= 4 is 11.0 Å². The molecule has 1 aromatic heterocycles. The van der Waals surface area contributed by atoms with Crippen molar-refractivity contribution in [3.05, 3.63) is 52.2 Å². The van der Waals surface area contributed by atoms with Gasteiger partial charge in [0.25, 0.3) is 0 Å². The molecule has 14 nitrogen and oxygen atoms in total. The summed E-state index contributed by atoms with van der Waals surface area (Å²) in [6.07, 6.45) is -15.1. The monoisotopic (exact) mass is 592 g/mol. The highest BCUT2D eigenvalue weighted by atomic mass is 16.7. The molecule has 2 aliphatic heterocycles. The number of aromatic hydroxyl groups is 2. The Bertz CT molecular complexity index is 1470. The van der Waals surface area contributed by atoms with E-state index in [0.29, 0.717) is 5.56 Å². The third kappa shape index (κ3) is 5.32. The second-order valence-electron chi connectivity index (χ2n) is 10.3. The minimum atomic E-state index is -1.81. The number of hydrogen-bond donors (Lipinski definition) is 8. The lowest BCUT2D eigenvalue weighted by atomic mass is 9.89. The van der Waals surface area contributed by atoms with E-state index in [9.17, 15) is 45.6 Å². The first-order chi connectivity index (χ1) is 19.9. The molecule has 8 N–H and O–H groups in total. The number of ether oxygens (including phenoxy) is 4. The van der Waals surface area contributed by atoms with Crippen LogP contribution in [0.5, 0.6) is 17.2 Å². The molecule has 0 radical (unpaired) electrons. The van der Waals surface area contributed by atoms with Crippen LogP contribution in [0.4, 0.5) is 0 Å². The quantitative estimate of drug-likeness (QED) is 0.176. The molecular weight excluding hydrogens is 560 g/mol. The molecular formula is C28H32O14. The van der Waals surface area contributed by atoms with Crippen LogP contribution in [0.1, 0.15) is 18.6 Å². The van der Waals surface area contributed by atoms with E-state index in [-0.39, 0.29) is 33.8 Å². The summed E-state index contributed by atoms with van der Waals surface area (Å²) in [7, 11) is 1.26. The van der Waals surface area contributed by atoms with E-state index in [4.69, 9.17) is 23.4 Å². The summed E-state index contributed by atoms with van der Waals surface area (Å²) in [5, 5.41) is 82.8. The molecule has 3 heterocycles. The lowest BCUT2D eigenvalue weighted by Crippen LogP contribution is -2.59. The van der Waals surface area contributed by atoms with Crippen LogP contribution in [0.3, 0.4) is 0 Å². The summed E-state index contributed by atoms with van der Waals surface area (Å²) < 4.78 is 28.0. The fourth-order valence-electron chi connectivity index (χ4n) is 5.17. The minimum absolute atomic E-state index is 0.0151. The number of phenolic OH excluding ortho intramolecular Hbond substituents is 2. The van der Waals surface area contributed by atoms with Gasteiger partial charge >= 0.3 is 0 Å². The number of rotatable bonds is 6. The normalized spacial score (nSPS) is 33.5. The molecule has 2 aliphatic rings. The Hall–Kier alpha value is -3.31. The predicted octanol–water partition coefficient (Wildman–Crippen LogP) is -0.754. The van der Waals surface area contributed by atoms with Crippen LogP contribution in [-0.2, 0) is 14.2 Å². The molecule has 14 heteroatoms. The third-order valence-corrected chi connectivity index (χ3v) is 7.60. The van der Waals surface area contributed by atoms with Gasteiger partial charge in [-0.3, -0.25) is 4.79 Å². The van der Waals surface area contributed by atoms with Crippen LogP contribution in [0.2, 0.25) is 0 Å². The Morgan fingerprint density at radius 2 is 1.50 bits per heavy atom. The van der Waals surface area contributed by atoms with E-state index in [1.807, 2.05) is 0 Å². The Balaban J connectivity index is 1.47. The van der Waals surface area contributed by atoms with Crippen molar-refractivity contribution in [2.75, 3.05) is 13.7 Å². The smallest absolute Gasteiger partial charge is 0.197 e. The third-order valence-electron chi connectivity index (χ3n) is 7.60. The van der Waals surface area contributed by atoms with Crippen LogP contribution >= 0.6 is 0 Å². The van der Waals surface area contributed by atoms with Crippen molar-refractivity contribution in [3.63, 3.8) is 0 Å². The predicted molar refractivity (Wildman–Crippen MR) is 142 cm³/mol. The van der Waals surface area contributed by atoms with E-state index in [1.165, 1.54) is 44.4 Å². The van der Waals surface area contributed by atoms with Gasteiger partial charge in [0.1, 0.15) is 82.8 Å². The topological polar surface area (TPSA) is 229 Å². The van der Waals surface area contributed by atoms with E-state index >= 15 is 0 Å². The van der Waals surface area contributed by atoms with Gasteiger partial charge in [-0.1, -0.05) is 0 Å². The van der Waals surface area contributed by atoms with Crippen molar-refractivity contribution in [3.8, 4) is 28.6 Å². The number of benzene rings is 2. The lowest BCUT2D eigenvalue weighted by Gasteiger charge is -2.43. The van der Waals surface area contributed by atoms with Gasteiger partial charge in [0.05, 0.1) is 25.4 Å². The Morgan fingerprint density at radius 3 is 2.17 bits per heavy atom. The Labute approximate surface area is 238 Å². The number of aliphatic hydroxyl groups is 6. The second-order valence-corrected chi connectivity index (χ2v) is 10.3. The van der Waals surface area contributed by atoms with Gasteiger partial charge < -0.3 is 64.2 Å². The number of methoxy groups -OCH3 is 1. The first kappa shape index (κ1) is 30.2. The van der Waals surface area contributed by atoms with Crippen molar-refractivity contribution in [1.82, 2.24) is 0 Å². The van der Waals surface area contributed by atoms with Gasteiger partial charge in [-0.15, -0.1) is 0 Å². The summed E-state index contributed by atoms with van der Waals surface area (Å²) >= 11 is 0. The first-order valence-electron chi connectivity index (χ1n) is 13.1.